The molecule has 2 unspecified atom stereocenters. The normalized spacial score (nSPS) is 13.8. The maximum absolute atomic E-state index is 11.3. The van der Waals surface area contributed by atoms with Gasteiger partial charge in [-0.2, -0.15) is 10.5 Å². The first-order valence-electron chi connectivity index (χ1n) is 6.14. The van der Waals surface area contributed by atoms with Crippen molar-refractivity contribution in [2.75, 3.05) is 0 Å². The summed E-state index contributed by atoms with van der Waals surface area (Å²) in [7, 11) is 0. The molecule has 0 bridgehead atoms. The van der Waals surface area contributed by atoms with Gasteiger partial charge in [-0.15, -0.1) is 11.3 Å². The molecule has 0 spiro atoms. The molecule has 0 saturated heterocycles. The molecule has 0 saturated carbocycles. The van der Waals surface area contributed by atoms with Gasteiger partial charge in [0.15, 0.2) is 5.69 Å². The number of nitrogens with zero attached hydrogens (tertiary/aromatic N) is 3. The number of benzene rings is 1. The maximum Gasteiger partial charge on any atom is 0.187 e. The van der Waals surface area contributed by atoms with Crippen LogP contribution in [0.15, 0.2) is 42.6 Å². The van der Waals surface area contributed by atoms with Crippen molar-refractivity contribution in [2.45, 2.75) is 5.92 Å². The number of rotatable bonds is 3. The molecular formula is C14H10N4O2S. The van der Waals surface area contributed by atoms with E-state index in [4.69, 9.17) is 0 Å². The van der Waals surface area contributed by atoms with Gasteiger partial charge in [0.1, 0.15) is 16.6 Å². The lowest BCUT2D eigenvalue weighted by Gasteiger charge is -2.16. The number of fused-ring (bicyclic) bond motifs is 1. The van der Waals surface area contributed by atoms with Gasteiger partial charge >= 0.3 is 0 Å². The number of pyridine rings is 1. The van der Waals surface area contributed by atoms with Crippen molar-refractivity contribution in [3.8, 4) is 6.07 Å². The summed E-state index contributed by atoms with van der Waals surface area (Å²) < 4.78 is 0.959. The van der Waals surface area contributed by atoms with Crippen molar-refractivity contribution in [2.24, 2.45) is 0 Å². The Balaban J connectivity index is 2.13. The average Bonchev–Trinajstić information content (AvgIpc) is 2.92. The summed E-state index contributed by atoms with van der Waals surface area (Å²) in [6.45, 7) is 0. The van der Waals surface area contributed by atoms with Crippen LogP contribution in [-0.2, 0) is 0 Å². The fourth-order valence-corrected chi connectivity index (χ4v) is 3.09. The Hall–Kier alpha value is -2.37. The first-order chi connectivity index (χ1) is 10.2. The van der Waals surface area contributed by atoms with Gasteiger partial charge in [-0.25, -0.2) is 10.2 Å². The van der Waals surface area contributed by atoms with Crippen LogP contribution in [0.3, 0.4) is 0 Å². The van der Waals surface area contributed by atoms with Crippen molar-refractivity contribution in [1.82, 2.24) is 9.97 Å². The lowest BCUT2D eigenvalue weighted by molar-refractivity contribution is -0.991. The van der Waals surface area contributed by atoms with Crippen LogP contribution in [0.1, 0.15) is 16.6 Å². The highest BCUT2D eigenvalue weighted by atomic mass is 32.1. The predicted octanol–water partition coefficient (Wildman–Crippen LogP) is 1.75. The van der Waals surface area contributed by atoms with Gasteiger partial charge < -0.3 is 5.21 Å². The largest absolute Gasteiger partial charge is 0.595 e. The van der Waals surface area contributed by atoms with Gasteiger partial charge in [0.2, 0.25) is 0 Å². The molecule has 104 valence electrons. The minimum absolute atomic E-state index is 0.0308. The van der Waals surface area contributed by atoms with E-state index < -0.39 is 11.1 Å². The van der Waals surface area contributed by atoms with Crippen LogP contribution in [0.25, 0.3) is 10.2 Å². The number of nitrogens with one attached hydrogen (secondary N) is 1. The van der Waals surface area contributed by atoms with Gasteiger partial charge in [-0.05, 0) is 18.2 Å². The third-order valence-electron chi connectivity index (χ3n) is 3.03. The van der Waals surface area contributed by atoms with Gasteiger partial charge in [0, 0.05) is 12.3 Å². The van der Waals surface area contributed by atoms with Gasteiger partial charge in [-0.1, -0.05) is 12.1 Å². The number of thiazole rings is 1. The Morgan fingerprint density at radius 1 is 1.29 bits per heavy atom. The standard InChI is InChI=1S/C14H10N4O2S/c15-8-9(13-11(18(19)20)5-3-7-16-13)14-17-10-4-1-2-6-12(10)21-14/h1-7,9,18-19H. The quantitative estimate of drug-likeness (QED) is 0.718. The second-order valence-electron chi connectivity index (χ2n) is 4.32. The number of aromatic nitrogens is 2. The lowest BCUT2D eigenvalue weighted by Crippen LogP contribution is -2.99. The fourth-order valence-electron chi connectivity index (χ4n) is 2.08. The molecule has 2 N–H and O–H groups in total. The molecule has 0 radical (unpaired) electrons. The molecule has 3 rings (SSSR count). The monoisotopic (exact) mass is 298 g/mol. The molecule has 0 aliphatic carbocycles. The Morgan fingerprint density at radius 2 is 2.10 bits per heavy atom. The van der Waals surface area contributed by atoms with E-state index in [2.05, 4.69) is 16.0 Å². The summed E-state index contributed by atoms with van der Waals surface area (Å²) in [4.78, 5) is 8.50. The molecule has 2 atom stereocenters. The number of hydrogen-bond donors (Lipinski definition) is 2. The molecule has 0 aliphatic heterocycles. The number of nitriles is 1. The third kappa shape index (κ3) is 2.49. The Kier molecular flexibility index (Phi) is 3.60. The summed E-state index contributed by atoms with van der Waals surface area (Å²) in [5, 5.41) is 29.4. The number of hydrogen-bond acceptors (Lipinski definition) is 6. The maximum atomic E-state index is 11.3. The van der Waals surface area contributed by atoms with E-state index >= 15 is 0 Å². The van der Waals surface area contributed by atoms with E-state index in [9.17, 15) is 15.7 Å². The molecule has 2 aromatic heterocycles. The second-order valence-corrected chi connectivity index (χ2v) is 5.39. The van der Waals surface area contributed by atoms with E-state index in [0.717, 1.165) is 10.2 Å². The van der Waals surface area contributed by atoms with Gasteiger partial charge in [0.05, 0.1) is 16.3 Å². The van der Waals surface area contributed by atoms with E-state index in [1.807, 2.05) is 24.3 Å². The highest BCUT2D eigenvalue weighted by Crippen LogP contribution is 2.32. The van der Waals surface area contributed by atoms with E-state index in [1.165, 1.54) is 23.6 Å². The molecule has 6 nitrogen and oxygen atoms in total. The molecule has 0 amide bonds. The molecule has 0 aliphatic rings. The van der Waals surface area contributed by atoms with Crippen LogP contribution in [-0.4, -0.2) is 15.2 Å². The zero-order valence-corrected chi connectivity index (χ0v) is 11.5. The molecule has 21 heavy (non-hydrogen) atoms. The minimum Gasteiger partial charge on any atom is -0.595 e. The summed E-state index contributed by atoms with van der Waals surface area (Å²) in [5.41, 5.74) is 1.06. The SMILES string of the molecule is N#CC(c1nc2ccccc2s1)c1ncccc1[NH+]([O-])O. The summed E-state index contributed by atoms with van der Waals surface area (Å²) >= 11 is 1.38. The van der Waals surface area contributed by atoms with Gasteiger partial charge in [-0.3, -0.25) is 4.98 Å². The van der Waals surface area contributed by atoms with Crippen LogP contribution in [0, 0.1) is 16.5 Å². The smallest absolute Gasteiger partial charge is 0.187 e. The Labute approximate surface area is 124 Å². The highest BCUT2D eigenvalue weighted by molar-refractivity contribution is 7.18. The van der Waals surface area contributed by atoms with Crippen LogP contribution >= 0.6 is 11.3 Å². The van der Waals surface area contributed by atoms with Crippen LogP contribution in [0.2, 0.25) is 0 Å². The molecule has 7 heteroatoms. The Bertz CT molecular complexity index is 792. The van der Waals surface area contributed by atoms with Crippen molar-refractivity contribution in [1.29, 1.82) is 5.26 Å². The van der Waals surface area contributed by atoms with Crippen molar-refractivity contribution >= 4 is 27.2 Å². The van der Waals surface area contributed by atoms with E-state index in [0.29, 0.717) is 5.01 Å². The summed E-state index contributed by atoms with van der Waals surface area (Å²) in [6, 6.07) is 12.7. The molecule has 2 heterocycles. The number of para-hydroxylation sites is 1. The fraction of sp³-hybridized carbons (Fsp3) is 0.0714. The number of quaternary nitrogens is 1. The zero-order valence-electron chi connectivity index (χ0n) is 10.7. The Morgan fingerprint density at radius 3 is 2.81 bits per heavy atom. The second kappa shape index (κ2) is 5.55. The van der Waals surface area contributed by atoms with Crippen LogP contribution < -0.4 is 5.23 Å². The van der Waals surface area contributed by atoms with Crippen LogP contribution in [0.5, 0.6) is 0 Å². The molecule has 0 fully saturated rings. The summed E-state index contributed by atoms with van der Waals surface area (Å²) in [6.07, 6.45) is 1.49. The first-order valence-corrected chi connectivity index (χ1v) is 6.95. The van der Waals surface area contributed by atoms with E-state index in [1.54, 1.807) is 6.07 Å². The topological polar surface area (TPSA) is 97.3 Å². The van der Waals surface area contributed by atoms with Crippen LogP contribution in [0.4, 0.5) is 5.69 Å². The highest BCUT2D eigenvalue weighted by Gasteiger charge is 2.25. The average molecular weight is 298 g/mol. The third-order valence-corrected chi connectivity index (χ3v) is 4.13. The summed E-state index contributed by atoms with van der Waals surface area (Å²) in [5.74, 6) is -0.783. The van der Waals surface area contributed by atoms with Gasteiger partial charge in [0.25, 0.3) is 0 Å². The molecular weight excluding hydrogens is 288 g/mol. The van der Waals surface area contributed by atoms with Crippen molar-refractivity contribution in [3.63, 3.8) is 0 Å². The van der Waals surface area contributed by atoms with E-state index in [-0.39, 0.29) is 11.4 Å². The van der Waals surface area contributed by atoms with Crippen molar-refractivity contribution < 1.29 is 10.4 Å². The first kappa shape index (κ1) is 13.6. The minimum atomic E-state index is -1.10. The molecule has 3 aromatic rings. The molecule has 1 aromatic carbocycles. The lowest BCUT2D eigenvalue weighted by atomic mass is 10.1. The van der Waals surface area contributed by atoms with Crippen molar-refractivity contribution in [3.05, 3.63) is 58.5 Å². The predicted molar refractivity (Wildman–Crippen MR) is 77.1 cm³/mol. The zero-order chi connectivity index (χ0) is 14.8.